The SMILES string of the molecule is CCC1(S(=O)(=O)c2ccccc2)CCc2nc(-c3ccccc3)ncc2C1. The Balaban J connectivity index is 1.71. The lowest BCUT2D eigenvalue weighted by Crippen LogP contribution is -2.43. The number of sulfone groups is 1. The van der Waals surface area contributed by atoms with Crippen LogP contribution in [-0.2, 0) is 22.7 Å². The molecule has 0 saturated heterocycles. The summed E-state index contributed by atoms with van der Waals surface area (Å²) >= 11 is 0. The minimum Gasteiger partial charge on any atom is -0.236 e. The fraction of sp³-hybridized carbons (Fsp3) is 0.273. The van der Waals surface area contributed by atoms with Crippen LogP contribution in [0.25, 0.3) is 11.4 Å². The number of nitrogens with zero attached hydrogens (tertiary/aromatic N) is 2. The van der Waals surface area contributed by atoms with Gasteiger partial charge in [-0.15, -0.1) is 0 Å². The summed E-state index contributed by atoms with van der Waals surface area (Å²) in [5, 5.41) is 0. The van der Waals surface area contributed by atoms with Crippen molar-refractivity contribution in [3.05, 3.63) is 78.1 Å². The van der Waals surface area contributed by atoms with Crippen molar-refractivity contribution < 1.29 is 8.42 Å². The highest BCUT2D eigenvalue weighted by molar-refractivity contribution is 7.92. The molecule has 0 bridgehead atoms. The van der Waals surface area contributed by atoms with Gasteiger partial charge in [0.25, 0.3) is 0 Å². The third kappa shape index (κ3) is 3.06. The van der Waals surface area contributed by atoms with E-state index in [1.807, 2.05) is 49.5 Å². The summed E-state index contributed by atoms with van der Waals surface area (Å²) in [6.45, 7) is 1.96. The van der Waals surface area contributed by atoms with Gasteiger partial charge in [-0.3, -0.25) is 0 Å². The topological polar surface area (TPSA) is 59.9 Å². The number of rotatable bonds is 4. The Morgan fingerprint density at radius 3 is 2.33 bits per heavy atom. The van der Waals surface area contributed by atoms with E-state index in [0.29, 0.717) is 36.4 Å². The molecule has 0 radical (unpaired) electrons. The summed E-state index contributed by atoms with van der Waals surface area (Å²) in [5.74, 6) is 0.698. The molecule has 0 spiro atoms. The first kappa shape index (κ1) is 17.9. The van der Waals surface area contributed by atoms with Crippen LogP contribution in [0, 0.1) is 0 Å². The van der Waals surface area contributed by atoms with Gasteiger partial charge in [-0.1, -0.05) is 55.5 Å². The van der Waals surface area contributed by atoms with E-state index in [1.54, 1.807) is 24.3 Å². The Hall–Kier alpha value is -2.53. The smallest absolute Gasteiger partial charge is 0.184 e. The minimum absolute atomic E-state index is 0.400. The lowest BCUT2D eigenvalue weighted by Gasteiger charge is -2.36. The van der Waals surface area contributed by atoms with Crippen molar-refractivity contribution in [2.45, 2.75) is 42.2 Å². The monoisotopic (exact) mass is 378 g/mol. The summed E-state index contributed by atoms with van der Waals surface area (Å²) < 4.78 is 26.0. The van der Waals surface area contributed by atoms with Gasteiger partial charge in [0, 0.05) is 17.5 Å². The van der Waals surface area contributed by atoms with Crippen molar-refractivity contribution in [3.63, 3.8) is 0 Å². The van der Waals surface area contributed by atoms with Gasteiger partial charge in [-0.25, -0.2) is 18.4 Å². The minimum atomic E-state index is -3.43. The Morgan fingerprint density at radius 2 is 1.67 bits per heavy atom. The Morgan fingerprint density at radius 1 is 1.00 bits per heavy atom. The Bertz CT molecular complexity index is 1050. The normalized spacial score (nSPS) is 19.4. The van der Waals surface area contributed by atoms with Crippen LogP contribution in [0.1, 0.15) is 31.0 Å². The first-order valence-corrected chi connectivity index (χ1v) is 10.7. The van der Waals surface area contributed by atoms with E-state index in [9.17, 15) is 8.42 Å². The van der Waals surface area contributed by atoms with E-state index in [0.717, 1.165) is 16.8 Å². The predicted molar refractivity (Wildman–Crippen MR) is 106 cm³/mol. The molecular weight excluding hydrogens is 356 g/mol. The molecule has 0 amide bonds. The Labute approximate surface area is 160 Å². The van der Waals surface area contributed by atoms with Crippen molar-refractivity contribution >= 4 is 9.84 Å². The second-order valence-corrected chi connectivity index (χ2v) is 9.41. The molecule has 0 saturated carbocycles. The molecule has 4 nitrogen and oxygen atoms in total. The number of hydrogen-bond donors (Lipinski definition) is 0. The largest absolute Gasteiger partial charge is 0.236 e. The molecule has 1 atom stereocenters. The predicted octanol–water partition coefficient (Wildman–Crippen LogP) is 4.26. The molecule has 27 heavy (non-hydrogen) atoms. The van der Waals surface area contributed by atoms with E-state index >= 15 is 0 Å². The van der Waals surface area contributed by atoms with Crippen LogP contribution in [-0.4, -0.2) is 23.1 Å². The van der Waals surface area contributed by atoms with Gasteiger partial charge in [0.2, 0.25) is 0 Å². The van der Waals surface area contributed by atoms with Crippen LogP contribution in [0.4, 0.5) is 0 Å². The van der Waals surface area contributed by atoms with Crippen LogP contribution in [0.3, 0.4) is 0 Å². The van der Waals surface area contributed by atoms with Crippen molar-refractivity contribution in [2.75, 3.05) is 0 Å². The molecule has 1 aromatic heterocycles. The average molecular weight is 378 g/mol. The zero-order chi connectivity index (χ0) is 18.9. The molecule has 0 fully saturated rings. The van der Waals surface area contributed by atoms with Crippen LogP contribution in [0.5, 0.6) is 0 Å². The van der Waals surface area contributed by atoms with Crippen molar-refractivity contribution in [2.24, 2.45) is 0 Å². The summed E-state index contributed by atoms with van der Waals surface area (Å²) in [4.78, 5) is 9.64. The van der Waals surface area contributed by atoms with E-state index in [4.69, 9.17) is 4.98 Å². The maximum atomic E-state index is 13.4. The maximum Gasteiger partial charge on any atom is 0.184 e. The van der Waals surface area contributed by atoms with E-state index in [2.05, 4.69) is 4.98 Å². The molecule has 1 aliphatic carbocycles. The third-order valence-electron chi connectivity index (χ3n) is 5.58. The van der Waals surface area contributed by atoms with Gasteiger partial charge in [0.05, 0.1) is 9.64 Å². The molecule has 1 aliphatic rings. The fourth-order valence-electron chi connectivity index (χ4n) is 3.89. The summed E-state index contributed by atoms with van der Waals surface area (Å²) in [6.07, 6.45) is 4.08. The molecule has 4 rings (SSSR count). The van der Waals surface area contributed by atoms with Crippen LogP contribution in [0.2, 0.25) is 0 Å². The summed E-state index contributed by atoms with van der Waals surface area (Å²) in [5.41, 5.74) is 2.89. The van der Waals surface area contributed by atoms with E-state index < -0.39 is 14.6 Å². The molecule has 138 valence electrons. The van der Waals surface area contributed by atoms with Crippen molar-refractivity contribution in [1.82, 2.24) is 9.97 Å². The van der Waals surface area contributed by atoms with Crippen LogP contribution < -0.4 is 0 Å². The van der Waals surface area contributed by atoms with Crippen molar-refractivity contribution in [3.8, 4) is 11.4 Å². The number of benzene rings is 2. The second kappa shape index (κ2) is 6.89. The lowest BCUT2D eigenvalue weighted by atomic mass is 9.84. The third-order valence-corrected chi connectivity index (χ3v) is 8.25. The fourth-order valence-corrected chi connectivity index (χ4v) is 6.00. The number of hydrogen-bond acceptors (Lipinski definition) is 4. The van der Waals surface area contributed by atoms with Gasteiger partial charge in [-0.2, -0.15) is 0 Å². The standard InChI is InChI=1S/C22H22N2O2S/c1-2-22(27(25,26)19-11-7-4-8-12-19)14-13-20-18(15-22)16-23-21(24-20)17-9-5-3-6-10-17/h3-12,16H,2,13-15H2,1H3. The van der Waals surface area contributed by atoms with E-state index in [1.165, 1.54) is 0 Å². The average Bonchev–Trinajstić information content (AvgIpc) is 2.74. The van der Waals surface area contributed by atoms with Gasteiger partial charge < -0.3 is 0 Å². The van der Waals surface area contributed by atoms with Crippen LogP contribution >= 0.6 is 0 Å². The van der Waals surface area contributed by atoms with Crippen molar-refractivity contribution in [1.29, 1.82) is 0 Å². The first-order valence-electron chi connectivity index (χ1n) is 9.26. The Kier molecular flexibility index (Phi) is 4.56. The van der Waals surface area contributed by atoms with Gasteiger partial charge in [-0.05, 0) is 43.4 Å². The molecule has 5 heteroatoms. The van der Waals surface area contributed by atoms with Crippen LogP contribution in [0.15, 0.2) is 71.8 Å². The van der Waals surface area contributed by atoms with E-state index in [-0.39, 0.29) is 0 Å². The highest BCUT2D eigenvalue weighted by atomic mass is 32.2. The quantitative estimate of drug-likeness (QED) is 0.681. The highest BCUT2D eigenvalue weighted by Gasteiger charge is 2.45. The lowest BCUT2D eigenvalue weighted by molar-refractivity contribution is 0.440. The summed E-state index contributed by atoms with van der Waals surface area (Å²) in [6, 6.07) is 18.7. The second-order valence-electron chi connectivity index (χ2n) is 7.06. The first-order chi connectivity index (χ1) is 13.1. The molecule has 1 unspecified atom stereocenters. The van der Waals surface area contributed by atoms with Gasteiger partial charge in [0.1, 0.15) is 0 Å². The molecule has 0 aliphatic heterocycles. The zero-order valence-corrected chi connectivity index (χ0v) is 16.1. The molecule has 2 aromatic carbocycles. The number of fused-ring (bicyclic) bond motifs is 1. The van der Waals surface area contributed by atoms with Gasteiger partial charge in [0.15, 0.2) is 15.7 Å². The van der Waals surface area contributed by atoms with Gasteiger partial charge >= 0.3 is 0 Å². The molecule has 3 aromatic rings. The zero-order valence-electron chi connectivity index (χ0n) is 15.3. The number of aryl methyl sites for hydroxylation is 1. The molecular formula is C22H22N2O2S. The maximum absolute atomic E-state index is 13.4. The highest BCUT2D eigenvalue weighted by Crippen LogP contribution is 2.40. The number of aromatic nitrogens is 2. The summed E-state index contributed by atoms with van der Waals surface area (Å²) in [7, 11) is -3.43. The molecule has 0 N–H and O–H groups in total. The molecule has 1 heterocycles.